The number of piperidine rings is 1. The Morgan fingerprint density at radius 2 is 1.97 bits per heavy atom. The summed E-state index contributed by atoms with van der Waals surface area (Å²) < 4.78 is 3.24. The topological polar surface area (TPSA) is 99.0 Å². The van der Waals surface area contributed by atoms with Crippen LogP contribution in [-0.4, -0.2) is 38.3 Å². The van der Waals surface area contributed by atoms with E-state index in [0.717, 1.165) is 31.9 Å². The molecule has 8 heteroatoms. The third kappa shape index (κ3) is 3.66. The lowest BCUT2D eigenvalue weighted by atomic mass is 10.1. The fraction of sp³-hybridized carbons (Fsp3) is 0.364. The third-order valence-electron chi connectivity index (χ3n) is 5.39. The minimum atomic E-state index is -0.532. The molecule has 0 unspecified atom stereocenters. The number of hydrogen-bond acceptors (Lipinski definition) is 5. The second kappa shape index (κ2) is 8.41. The summed E-state index contributed by atoms with van der Waals surface area (Å²) in [6, 6.07) is 6.97. The predicted octanol–water partition coefficient (Wildman–Crippen LogP) is 1.75. The second-order valence-corrected chi connectivity index (χ2v) is 7.34. The SMILES string of the molecule is CC#CCn1c(N2CCCCC2)nc2cnn(Cc3ccccc3C(N)=O)c(=O)c21. The number of aromatic nitrogens is 4. The molecule has 4 rings (SSSR count). The summed E-state index contributed by atoms with van der Waals surface area (Å²) in [6.07, 6.45) is 5.02. The Bertz CT molecular complexity index is 1210. The van der Waals surface area contributed by atoms with Gasteiger partial charge in [-0.15, -0.1) is 5.92 Å². The highest BCUT2D eigenvalue weighted by molar-refractivity contribution is 5.94. The molecule has 1 aliphatic heterocycles. The molecule has 2 N–H and O–H groups in total. The van der Waals surface area contributed by atoms with Crippen LogP contribution in [0.25, 0.3) is 11.0 Å². The molecule has 154 valence electrons. The summed E-state index contributed by atoms with van der Waals surface area (Å²) in [5.74, 6) is 6.19. The molecule has 0 aliphatic carbocycles. The molecule has 0 atom stereocenters. The first-order valence-corrected chi connectivity index (χ1v) is 10.1. The van der Waals surface area contributed by atoms with Crippen molar-refractivity contribution < 1.29 is 4.79 Å². The number of imidazole rings is 1. The number of anilines is 1. The van der Waals surface area contributed by atoms with E-state index in [1.54, 1.807) is 37.4 Å². The van der Waals surface area contributed by atoms with Gasteiger partial charge < -0.3 is 10.6 Å². The number of carbonyl (C=O) groups is 1. The van der Waals surface area contributed by atoms with E-state index < -0.39 is 5.91 Å². The average molecular weight is 404 g/mol. The summed E-state index contributed by atoms with van der Waals surface area (Å²) >= 11 is 0. The Hall–Kier alpha value is -3.60. The van der Waals surface area contributed by atoms with Gasteiger partial charge in [0.1, 0.15) is 11.0 Å². The molecule has 1 aromatic carbocycles. The van der Waals surface area contributed by atoms with Crippen molar-refractivity contribution >= 4 is 22.9 Å². The molecule has 1 fully saturated rings. The summed E-state index contributed by atoms with van der Waals surface area (Å²) in [6.45, 7) is 4.14. The lowest BCUT2D eigenvalue weighted by Gasteiger charge is -2.27. The number of carbonyl (C=O) groups excluding carboxylic acids is 1. The molecule has 3 aromatic rings. The van der Waals surface area contributed by atoms with E-state index in [9.17, 15) is 9.59 Å². The number of nitrogens with zero attached hydrogens (tertiary/aromatic N) is 5. The predicted molar refractivity (Wildman–Crippen MR) is 115 cm³/mol. The molecule has 2 aromatic heterocycles. The lowest BCUT2D eigenvalue weighted by Crippen LogP contribution is -2.32. The maximum absolute atomic E-state index is 13.4. The van der Waals surface area contributed by atoms with Crippen molar-refractivity contribution in [3.8, 4) is 11.8 Å². The number of rotatable bonds is 5. The van der Waals surface area contributed by atoms with Gasteiger partial charge in [-0.1, -0.05) is 24.1 Å². The van der Waals surface area contributed by atoms with Crippen LogP contribution in [0.3, 0.4) is 0 Å². The van der Waals surface area contributed by atoms with Gasteiger partial charge in [0, 0.05) is 18.7 Å². The first kappa shape index (κ1) is 19.7. The number of fused-ring (bicyclic) bond motifs is 1. The zero-order valence-corrected chi connectivity index (χ0v) is 17.0. The first-order valence-electron chi connectivity index (χ1n) is 10.1. The van der Waals surface area contributed by atoms with Crippen LogP contribution in [0.2, 0.25) is 0 Å². The van der Waals surface area contributed by atoms with Crippen LogP contribution in [0.15, 0.2) is 35.3 Å². The maximum Gasteiger partial charge on any atom is 0.293 e. The van der Waals surface area contributed by atoms with Gasteiger partial charge in [0.25, 0.3) is 5.56 Å². The Kier molecular flexibility index (Phi) is 5.53. The van der Waals surface area contributed by atoms with Crippen LogP contribution >= 0.6 is 0 Å². The monoisotopic (exact) mass is 404 g/mol. The molecule has 30 heavy (non-hydrogen) atoms. The van der Waals surface area contributed by atoms with E-state index >= 15 is 0 Å². The fourth-order valence-corrected chi connectivity index (χ4v) is 3.89. The molecular formula is C22H24N6O2. The van der Waals surface area contributed by atoms with Gasteiger partial charge in [-0.05, 0) is 37.8 Å². The van der Waals surface area contributed by atoms with Gasteiger partial charge in [0.05, 0.1) is 19.3 Å². The van der Waals surface area contributed by atoms with Crippen molar-refractivity contribution in [2.24, 2.45) is 5.73 Å². The highest BCUT2D eigenvalue weighted by atomic mass is 16.1. The van der Waals surface area contributed by atoms with Crippen LogP contribution < -0.4 is 16.2 Å². The summed E-state index contributed by atoms with van der Waals surface area (Å²) in [7, 11) is 0. The number of benzene rings is 1. The van der Waals surface area contributed by atoms with Crippen LogP contribution in [0, 0.1) is 11.8 Å². The molecule has 3 heterocycles. The van der Waals surface area contributed by atoms with Crippen molar-refractivity contribution in [2.75, 3.05) is 18.0 Å². The Balaban J connectivity index is 1.82. The zero-order chi connectivity index (χ0) is 21.1. The number of amides is 1. The van der Waals surface area contributed by atoms with Crippen LogP contribution in [0.5, 0.6) is 0 Å². The lowest BCUT2D eigenvalue weighted by molar-refractivity contribution is 0.0999. The average Bonchev–Trinajstić information content (AvgIpc) is 3.14. The largest absolute Gasteiger partial charge is 0.366 e. The first-order chi connectivity index (χ1) is 14.6. The van der Waals surface area contributed by atoms with Crippen LogP contribution in [-0.2, 0) is 13.1 Å². The normalized spacial score (nSPS) is 13.8. The van der Waals surface area contributed by atoms with E-state index in [-0.39, 0.29) is 12.1 Å². The Morgan fingerprint density at radius 1 is 1.20 bits per heavy atom. The highest BCUT2D eigenvalue weighted by Crippen LogP contribution is 2.23. The van der Waals surface area contributed by atoms with E-state index in [2.05, 4.69) is 21.8 Å². The molecule has 8 nitrogen and oxygen atoms in total. The summed E-state index contributed by atoms with van der Waals surface area (Å²) in [5, 5.41) is 4.30. The van der Waals surface area contributed by atoms with Crippen molar-refractivity contribution in [3.05, 3.63) is 51.9 Å². The van der Waals surface area contributed by atoms with Crippen molar-refractivity contribution in [2.45, 2.75) is 39.3 Å². The molecular weight excluding hydrogens is 380 g/mol. The van der Waals surface area contributed by atoms with E-state index in [4.69, 9.17) is 10.7 Å². The Morgan fingerprint density at radius 3 is 2.70 bits per heavy atom. The van der Waals surface area contributed by atoms with Crippen molar-refractivity contribution in [1.82, 2.24) is 19.3 Å². The molecule has 0 saturated carbocycles. The summed E-state index contributed by atoms with van der Waals surface area (Å²) in [4.78, 5) is 32.0. The number of primary amides is 1. The van der Waals surface area contributed by atoms with Crippen LogP contribution in [0.4, 0.5) is 5.95 Å². The van der Waals surface area contributed by atoms with Gasteiger partial charge >= 0.3 is 0 Å². The minimum Gasteiger partial charge on any atom is -0.366 e. The van der Waals surface area contributed by atoms with Crippen LogP contribution in [0.1, 0.15) is 42.1 Å². The maximum atomic E-state index is 13.4. The molecule has 1 saturated heterocycles. The Labute approximate surface area is 174 Å². The molecule has 1 aliphatic rings. The standard InChI is InChI=1S/C22H24N6O2/c1-2-3-13-27-19-18(25-22(27)26-11-7-4-8-12-26)14-24-28(21(19)30)15-16-9-5-6-10-17(16)20(23)29/h5-6,9-10,14H,4,7-8,11-13,15H2,1H3,(H2,23,29). The fourth-order valence-electron chi connectivity index (χ4n) is 3.89. The highest BCUT2D eigenvalue weighted by Gasteiger charge is 2.22. The third-order valence-corrected chi connectivity index (χ3v) is 5.39. The molecule has 0 radical (unpaired) electrons. The van der Waals surface area contributed by atoms with Crippen molar-refractivity contribution in [3.63, 3.8) is 0 Å². The molecule has 0 spiro atoms. The van der Waals surface area contributed by atoms with Crippen molar-refractivity contribution in [1.29, 1.82) is 0 Å². The van der Waals surface area contributed by atoms with Gasteiger partial charge in [0.15, 0.2) is 0 Å². The minimum absolute atomic E-state index is 0.150. The van der Waals surface area contributed by atoms with E-state index in [0.29, 0.717) is 28.7 Å². The second-order valence-electron chi connectivity index (χ2n) is 7.34. The molecule has 0 bridgehead atoms. The zero-order valence-electron chi connectivity index (χ0n) is 17.0. The summed E-state index contributed by atoms with van der Waals surface area (Å²) in [5.41, 5.74) is 7.28. The van der Waals surface area contributed by atoms with E-state index in [1.165, 1.54) is 11.1 Å². The quantitative estimate of drug-likeness (QED) is 0.653. The van der Waals surface area contributed by atoms with Gasteiger partial charge in [-0.2, -0.15) is 5.10 Å². The number of nitrogens with two attached hydrogens (primary N) is 1. The van der Waals surface area contributed by atoms with E-state index in [1.807, 2.05) is 4.57 Å². The molecule has 1 amide bonds. The van der Waals surface area contributed by atoms with Gasteiger partial charge in [-0.3, -0.25) is 14.2 Å². The van der Waals surface area contributed by atoms with Gasteiger partial charge in [-0.25, -0.2) is 9.67 Å². The smallest absolute Gasteiger partial charge is 0.293 e. The van der Waals surface area contributed by atoms with Gasteiger partial charge in [0.2, 0.25) is 11.9 Å². The number of hydrogen-bond donors (Lipinski definition) is 1.